The monoisotopic (exact) mass is 287 g/mol. The molecule has 1 saturated heterocycles. The van der Waals surface area contributed by atoms with Gasteiger partial charge < -0.3 is 4.74 Å². The largest absolute Gasteiger partial charge is 0.381 e. The highest BCUT2D eigenvalue weighted by Gasteiger charge is 2.39. The van der Waals surface area contributed by atoms with Crippen LogP contribution < -0.4 is 0 Å². The van der Waals surface area contributed by atoms with Crippen LogP contribution in [-0.2, 0) is 14.8 Å². The van der Waals surface area contributed by atoms with Gasteiger partial charge >= 0.3 is 0 Å². The van der Waals surface area contributed by atoms with Crippen LogP contribution in [0.1, 0.15) is 39.0 Å². The molecule has 0 radical (unpaired) electrons. The third-order valence-corrected chi connectivity index (χ3v) is 6.42. The number of allylic oxidation sites excluding steroid dienone is 2. The molecule has 0 saturated carbocycles. The van der Waals surface area contributed by atoms with Crippen molar-refractivity contribution in [3.63, 3.8) is 0 Å². The number of methoxy groups -OCH3 is 1. The van der Waals surface area contributed by atoms with Gasteiger partial charge in [0.1, 0.15) is 0 Å². The second-order valence-corrected chi connectivity index (χ2v) is 7.99. The fourth-order valence-corrected chi connectivity index (χ4v) is 5.00. The minimum absolute atomic E-state index is 0.0927. The Balaban J connectivity index is 2.06. The van der Waals surface area contributed by atoms with E-state index in [2.05, 4.69) is 12.2 Å². The van der Waals surface area contributed by atoms with E-state index >= 15 is 0 Å². The van der Waals surface area contributed by atoms with Gasteiger partial charge in [-0.2, -0.15) is 0 Å². The highest BCUT2D eigenvalue weighted by molar-refractivity contribution is 7.89. The summed E-state index contributed by atoms with van der Waals surface area (Å²) in [6.45, 7) is 3.17. The third-order valence-electron chi connectivity index (χ3n) is 4.43. The molecular weight excluding hydrogens is 262 g/mol. The number of piperidine rings is 1. The molecule has 0 aromatic carbocycles. The van der Waals surface area contributed by atoms with Crippen molar-refractivity contribution in [2.75, 3.05) is 26.0 Å². The zero-order valence-corrected chi connectivity index (χ0v) is 12.8. The van der Waals surface area contributed by atoms with Crippen LogP contribution in [0.3, 0.4) is 0 Å². The van der Waals surface area contributed by atoms with Gasteiger partial charge in [0, 0.05) is 20.2 Å². The van der Waals surface area contributed by atoms with Crippen LogP contribution in [0.5, 0.6) is 0 Å². The van der Waals surface area contributed by atoms with Crippen LogP contribution in [0, 0.1) is 5.41 Å². The van der Waals surface area contributed by atoms with E-state index in [0.29, 0.717) is 13.1 Å². The van der Waals surface area contributed by atoms with Gasteiger partial charge in [-0.05, 0) is 44.4 Å². The number of rotatable bonds is 4. The van der Waals surface area contributed by atoms with Crippen molar-refractivity contribution in [3.8, 4) is 0 Å². The summed E-state index contributed by atoms with van der Waals surface area (Å²) in [5.74, 6) is 0.0927. The van der Waals surface area contributed by atoms with Gasteiger partial charge in [0.25, 0.3) is 0 Å². The molecule has 0 aromatic rings. The Kier molecular flexibility index (Phi) is 4.69. The van der Waals surface area contributed by atoms with Crippen LogP contribution in [0.2, 0.25) is 0 Å². The maximum atomic E-state index is 12.4. The van der Waals surface area contributed by atoms with Crippen molar-refractivity contribution in [2.24, 2.45) is 5.41 Å². The zero-order chi connectivity index (χ0) is 13.9. The average molecular weight is 287 g/mol. The summed E-state index contributed by atoms with van der Waals surface area (Å²) in [5.41, 5.74) is 0.191. The summed E-state index contributed by atoms with van der Waals surface area (Å²) in [4.78, 5) is 0. The summed E-state index contributed by atoms with van der Waals surface area (Å²) in [7, 11) is -1.63. The Labute approximate surface area is 116 Å². The highest BCUT2D eigenvalue weighted by Crippen LogP contribution is 2.41. The van der Waals surface area contributed by atoms with Gasteiger partial charge in [0.05, 0.1) is 11.9 Å². The van der Waals surface area contributed by atoms with Crippen LogP contribution in [0.4, 0.5) is 0 Å². The second kappa shape index (κ2) is 5.94. The number of nitrogens with zero attached hydrogens (tertiary/aromatic N) is 1. The lowest BCUT2D eigenvalue weighted by atomic mass is 9.72. The average Bonchev–Trinajstić information content (AvgIpc) is 2.39. The first-order valence-corrected chi connectivity index (χ1v) is 8.74. The normalized spacial score (nSPS) is 30.6. The molecule has 1 fully saturated rings. The molecule has 19 heavy (non-hydrogen) atoms. The Morgan fingerprint density at radius 1 is 1.37 bits per heavy atom. The van der Waals surface area contributed by atoms with E-state index in [1.165, 1.54) is 0 Å². The van der Waals surface area contributed by atoms with Crippen molar-refractivity contribution in [1.29, 1.82) is 0 Å². The van der Waals surface area contributed by atoms with Crippen molar-refractivity contribution >= 4 is 10.0 Å². The van der Waals surface area contributed by atoms with Gasteiger partial charge in [-0.3, -0.25) is 0 Å². The second-order valence-electron chi connectivity index (χ2n) is 5.98. The van der Waals surface area contributed by atoms with Crippen molar-refractivity contribution in [1.82, 2.24) is 4.31 Å². The van der Waals surface area contributed by atoms with Crippen LogP contribution >= 0.6 is 0 Å². The Hall–Kier alpha value is -0.390. The van der Waals surface area contributed by atoms with E-state index in [9.17, 15) is 8.42 Å². The minimum atomic E-state index is -3.19. The predicted octanol–water partition coefficient (Wildman–Crippen LogP) is 2.17. The van der Waals surface area contributed by atoms with Gasteiger partial charge in [0.15, 0.2) is 0 Å². The van der Waals surface area contributed by atoms with Crippen LogP contribution in [0.15, 0.2) is 12.2 Å². The molecule has 2 atom stereocenters. The van der Waals surface area contributed by atoms with E-state index in [1.54, 1.807) is 18.3 Å². The summed E-state index contributed by atoms with van der Waals surface area (Å²) >= 11 is 0. The molecule has 5 heteroatoms. The Morgan fingerprint density at radius 2 is 2.16 bits per heavy atom. The molecule has 2 aliphatic rings. The third kappa shape index (κ3) is 3.58. The predicted molar refractivity (Wildman–Crippen MR) is 76.5 cm³/mol. The molecule has 0 bridgehead atoms. The van der Waals surface area contributed by atoms with Crippen molar-refractivity contribution < 1.29 is 13.2 Å². The lowest BCUT2D eigenvalue weighted by molar-refractivity contribution is 0.121. The summed E-state index contributed by atoms with van der Waals surface area (Å²) < 4.78 is 31.6. The Morgan fingerprint density at radius 3 is 2.79 bits per heavy atom. The van der Waals surface area contributed by atoms with E-state index in [0.717, 1.165) is 32.1 Å². The lowest BCUT2D eigenvalue weighted by Gasteiger charge is -2.43. The van der Waals surface area contributed by atoms with E-state index in [1.807, 2.05) is 0 Å². The van der Waals surface area contributed by atoms with Gasteiger partial charge in [0.2, 0.25) is 10.0 Å². The first kappa shape index (κ1) is 15.0. The molecule has 0 amide bonds. The standard InChI is InChI=1S/C14H25NO3S/c1-13(18-2)11-19(16,17)15-10-6-9-14(12-15)7-4-3-5-8-14/h3-4,13H,5-12H2,1-2H3/t13-,14-/m1/s1. The quantitative estimate of drug-likeness (QED) is 0.745. The smallest absolute Gasteiger partial charge is 0.216 e. The molecule has 1 spiro atoms. The SMILES string of the molecule is CO[C@H](C)CS(=O)(=O)N1CCC[C@]2(CC=CCC2)C1. The van der Waals surface area contributed by atoms with E-state index < -0.39 is 10.0 Å². The first-order chi connectivity index (χ1) is 8.97. The topological polar surface area (TPSA) is 46.6 Å². The number of sulfonamides is 1. The maximum absolute atomic E-state index is 12.4. The molecule has 0 aromatic heterocycles. The van der Waals surface area contributed by atoms with Gasteiger partial charge in [-0.1, -0.05) is 12.2 Å². The highest BCUT2D eigenvalue weighted by atomic mass is 32.2. The van der Waals surface area contributed by atoms with Crippen molar-refractivity contribution in [2.45, 2.75) is 45.1 Å². The minimum Gasteiger partial charge on any atom is -0.381 e. The summed E-state index contributed by atoms with van der Waals surface area (Å²) in [6.07, 6.45) is 9.56. The molecule has 1 aliphatic heterocycles. The Bertz CT molecular complexity index is 432. The van der Waals surface area contributed by atoms with E-state index in [-0.39, 0.29) is 17.3 Å². The molecule has 1 heterocycles. The zero-order valence-electron chi connectivity index (χ0n) is 12.0. The number of hydrogen-bond donors (Lipinski definition) is 0. The van der Waals surface area contributed by atoms with Gasteiger partial charge in [-0.15, -0.1) is 0 Å². The van der Waals surface area contributed by atoms with E-state index in [4.69, 9.17) is 4.74 Å². The fourth-order valence-electron chi connectivity index (χ4n) is 3.18. The molecule has 110 valence electrons. The van der Waals surface area contributed by atoms with Crippen LogP contribution in [-0.4, -0.2) is 44.8 Å². The molecule has 2 rings (SSSR count). The maximum Gasteiger partial charge on any atom is 0.216 e. The molecule has 0 N–H and O–H groups in total. The molecular formula is C14H25NO3S. The number of hydrogen-bond acceptors (Lipinski definition) is 3. The van der Waals surface area contributed by atoms with Gasteiger partial charge in [-0.25, -0.2) is 12.7 Å². The van der Waals surface area contributed by atoms with Crippen LogP contribution in [0.25, 0.3) is 0 Å². The number of ether oxygens (including phenoxy) is 1. The van der Waals surface area contributed by atoms with Crippen molar-refractivity contribution in [3.05, 3.63) is 12.2 Å². The molecule has 4 nitrogen and oxygen atoms in total. The fraction of sp³-hybridized carbons (Fsp3) is 0.857. The first-order valence-electron chi connectivity index (χ1n) is 7.13. The lowest BCUT2D eigenvalue weighted by Crippen LogP contribution is -2.48. The summed E-state index contributed by atoms with van der Waals surface area (Å²) in [6, 6.07) is 0. The molecule has 1 aliphatic carbocycles. The molecule has 0 unspecified atom stereocenters. The summed E-state index contributed by atoms with van der Waals surface area (Å²) in [5, 5.41) is 0.